The minimum absolute atomic E-state index is 0.108. The van der Waals surface area contributed by atoms with Gasteiger partial charge in [0, 0.05) is 12.2 Å². The molecule has 136 valence electrons. The van der Waals surface area contributed by atoms with Crippen LogP contribution in [0.3, 0.4) is 0 Å². The molecule has 4 heterocycles. The Labute approximate surface area is 156 Å². The first-order chi connectivity index (χ1) is 13.0. The molecule has 0 radical (unpaired) electrons. The second-order valence-electron chi connectivity index (χ2n) is 6.63. The van der Waals surface area contributed by atoms with Gasteiger partial charge in [-0.15, -0.1) is 0 Å². The molecule has 0 aliphatic rings. The number of hydrogen-bond donors (Lipinski definition) is 1. The van der Waals surface area contributed by atoms with Crippen molar-refractivity contribution in [3.63, 3.8) is 0 Å². The molecule has 0 aliphatic carbocycles. The second kappa shape index (κ2) is 6.68. The molecular weight excluding hydrogens is 342 g/mol. The number of anilines is 1. The van der Waals surface area contributed by atoms with Gasteiger partial charge in [0.15, 0.2) is 11.4 Å². The summed E-state index contributed by atoms with van der Waals surface area (Å²) in [6.45, 7) is 5.98. The Hall–Kier alpha value is -3.48. The number of nitrogens with one attached hydrogen (secondary N) is 1. The van der Waals surface area contributed by atoms with Gasteiger partial charge < -0.3 is 9.73 Å². The van der Waals surface area contributed by atoms with Crippen LogP contribution < -0.4 is 5.32 Å². The van der Waals surface area contributed by atoms with E-state index in [-0.39, 0.29) is 11.9 Å². The van der Waals surface area contributed by atoms with Crippen molar-refractivity contribution in [2.75, 3.05) is 5.32 Å². The zero-order valence-electron chi connectivity index (χ0n) is 15.3. The van der Waals surface area contributed by atoms with Gasteiger partial charge in [-0.2, -0.15) is 5.10 Å². The molecule has 0 bridgehead atoms. The third-order valence-corrected chi connectivity index (χ3v) is 4.23. The molecule has 1 N–H and O–H groups in total. The molecular formula is C20H19N5O2. The van der Waals surface area contributed by atoms with Gasteiger partial charge >= 0.3 is 0 Å². The fraction of sp³-hybridized carbons (Fsp3) is 0.200. The van der Waals surface area contributed by atoms with Crippen molar-refractivity contribution in [3.05, 3.63) is 60.1 Å². The van der Waals surface area contributed by atoms with E-state index in [1.54, 1.807) is 41.5 Å². The van der Waals surface area contributed by atoms with Gasteiger partial charge in [0.25, 0.3) is 5.91 Å². The lowest BCUT2D eigenvalue weighted by atomic mass is 10.1. The molecule has 4 rings (SSSR count). The number of rotatable bonds is 4. The number of aromatic nitrogens is 4. The molecule has 0 spiro atoms. The van der Waals surface area contributed by atoms with Crippen molar-refractivity contribution in [3.8, 4) is 11.5 Å². The number of aryl methyl sites for hydroxylation is 1. The van der Waals surface area contributed by atoms with E-state index in [1.165, 1.54) is 0 Å². The first-order valence-electron chi connectivity index (χ1n) is 8.69. The standard InChI is InChI=1S/C20H19N5O2/c1-12(2)25-19-15(11-22-25)14(9-16(23-19)17-5-4-8-27-17)20(26)24-18-7-6-13(3)10-21-18/h4-12H,1-3H3,(H,21,24,26). The van der Waals surface area contributed by atoms with E-state index < -0.39 is 0 Å². The summed E-state index contributed by atoms with van der Waals surface area (Å²) in [7, 11) is 0. The highest BCUT2D eigenvalue weighted by atomic mass is 16.3. The second-order valence-corrected chi connectivity index (χ2v) is 6.63. The summed E-state index contributed by atoms with van der Waals surface area (Å²) in [4.78, 5) is 21.9. The van der Waals surface area contributed by atoms with Crippen LogP contribution in [0.2, 0.25) is 0 Å². The fourth-order valence-electron chi connectivity index (χ4n) is 2.86. The normalized spacial score (nSPS) is 11.3. The van der Waals surface area contributed by atoms with Gasteiger partial charge in [0.2, 0.25) is 0 Å². The van der Waals surface area contributed by atoms with Crippen LogP contribution in [0.25, 0.3) is 22.5 Å². The number of furan rings is 1. The van der Waals surface area contributed by atoms with Crippen LogP contribution in [0.15, 0.2) is 53.4 Å². The first-order valence-corrected chi connectivity index (χ1v) is 8.69. The zero-order valence-corrected chi connectivity index (χ0v) is 15.3. The van der Waals surface area contributed by atoms with Crippen LogP contribution in [0.5, 0.6) is 0 Å². The number of hydrogen-bond acceptors (Lipinski definition) is 5. The van der Waals surface area contributed by atoms with E-state index >= 15 is 0 Å². The molecule has 0 saturated heterocycles. The van der Waals surface area contributed by atoms with Crippen LogP contribution in [-0.4, -0.2) is 25.7 Å². The molecule has 0 aliphatic heterocycles. The Morgan fingerprint density at radius 3 is 2.74 bits per heavy atom. The molecule has 4 aromatic rings. The third kappa shape index (κ3) is 3.19. The zero-order chi connectivity index (χ0) is 19.0. The molecule has 4 aromatic heterocycles. The van der Waals surface area contributed by atoms with Crippen LogP contribution in [0, 0.1) is 6.92 Å². The maximum Gasteiger partial charge on any atom is 0.257 e. The van der Waals surface area contributed by atoms with Crippen LogP contribution >= 0.6 is 0 Å². The number of carbonyl (C=O) groups is 1. The summed E-state index contributed by atoms with van der Waals surface area (Å²) in [6, 6.07) is 9.10. The highest BCUT2D eigenvalue weighted by Crippen LogP contribution is 2.27. The smallest absolute Gasteiger partial charge is 0.257 e. The van der Waals surface area contributed by atoms with E-state index in [0.717, 1.165) is 5.56 Å². The minimum atomic E-state index is -0.269. The fourth-order valence-corrected chi connectivity index (χ4v) is 2.86. The number of pyridine rings is 2. The van der Waals surface area contributed by atoms with Crippen molar-refractivity contribution in [1.29, 1.82) is 0 Å². The average molecular weight is 361 g/mol. The van der Waals surface area contributed by atoms with Gasteiger partial charge in [0.05, 0.1) is 23.4 Å². The van der Waals surface area contributed by atoms with E-state index in [2.05, 4.69) is 20.4 Å². The van der Waals surface area contributed by atoms with Crippen LogP contribution in [0.4, 0.5) is 5.82 Å². The van der Waals surface area contributed by atoms with Crippen molar-refractivity contribution in [2.45, 2.75) is 26.8 Å². The van der Waals surface area contributed by atoms with Gasteiger partial charge in [-0.05, 0) is 50.6 Å². The monoisotopic (exact) mass is 361 g/mol. The van der Waals surface area contributed by atoms with Gasteiger partial charge in [-0.3, -0.25) is 4.79 Å². The Kier molecular flexibility index (Phi) is 4.19. The van der Waals surface area contributed by atoms with Crippen molar-refractivity contribution >= 4 is 22.8 Å². The predicted octanol–water partition coefficient (Wildman–Crippen LogP) is 4.23. The predicted molar refractivity (Wildman–Crippen MR) is 103 cm³/mol. The summed E-state index contributed by atoms with van der Waals surface area (Å²) in [5.74, 6) is 0.817. The lowest BCUT2D eigenvalue weighted by Crippen LogP contribution is -2.14. The maximum atomic E-state index is 13.0. The summed E-state index contributed by atoms with van der Waals surface area (Å²) in [5.41, 5.74) is 2.72. The topological polar surface area (TPSA) is 85.8 Å². The van der Waals surface area contributed by atoms with E-state index in [0.29, 0.717) is 33.9 Å². The molecule has 7 heteroatoms. The van der Waals surface area contributed by atoms with Crippen LogP contribution in [-0.2, 0) is 0 Å². The summed E-state index contributed by atoms with van der Waals surface area (Å²) in [6.07, 6.45) is 4.96. The minimum Gasteiger partial charge on any atom is -0.463 e. The van der Waals surface area contributed by atoms with E-state index in [4.69, 9.17) is 4.42 Å². The largest absolute Gasteiger partial charge is 0.463 e. The highest BCUT2D eigenvalue weighted by molar-refractivity contribution is 6.12. The lowest BCUT2D eigenvalue weighted by Gasteiger charge is -2.10. The van der Waals surface area contributed by atoms with E-state index in [9.17, 15) is 4.79 Å². The van der Waals surface area contributed by atoms with Gasteiger partial charge in [0.1, 0.15) is 11.5 Å². The Morgan fingerprint density at radius 1 is 1.22 bits per heavy atom. The van der Waals surface area contributed by atoms with Gasteiger partial charge in [-0.25, -0.2) is 14.6 Å². The van der Waals surface area contributed by atoms with Crippen LogP contribution in [0.1, 0.15) is 35.8 Å². The molecule has 0 aromatic carbocycles. The Morgan fingerprint density at radius 2 is 2.07 bits per heavy atom. The Balaban J connectivity index is 1.82. The van der Waals surface area contributed by atoms with Crippen molar-refractivity contribution < 1.29 is 9.21 Å². The number of nitrogens with zero attached hydrogens (tertiary/aromatic N) is 4. The van der Waals surface area contributed by atoms with Gasteiger partial charge in [-0.1, -0.05) is 6.07 Å². The molecule has 0 saturated carbocycles. The molecule has 7 nitrogen and oxygen atoms in total. The maximum absolute atomic E-state index is 13.0. The van der Waals surface area contributed by atoms with Crippen molar-refractivity contribution in [2.24, 2.45) is 0 Å². The molecule has 0 unspecified atom stereocenters. The molecule has 0 atom stereocenters. The molecule has 0 fully saturated rings. The van der Waals surface area contributed by atoms with Crippen molar-refractivity contribution in [1.82, 2.24) is 19.7 Å². The number of fused-ring (bicyclic) bond motifs is 1. The summed E-state index contributed by atoms with van der Waals surface area (Å²) >= 11 is 0. The molecule has 27 heavy (non-hydrogen) atoms. The Bertz CT molecular complexity index is 1100. The average Bonchev–Trinajstić information content (AvgIpc) is 3.32. The highest BCUT2D eigenvalue weighted by Gasteiger charge is 2.19. The first kappa shape index (κ1) is 17.0. The number of carbonyl (C=O) groups excluding carboxylic acids is 1. The summed E-state index contributed by atoms with van der Waals surface area (Å²) < 4.78 is 7.27. The third-order valence-electron chi connectivity index (χ3n) is 4.23. The number of amides is 1. The SMILES string of the molecule is Cc1ccc(NC(=O)c2cc(-c3ccco3)nc3c2cnn3C(C)C)nc1. The molecule has 1 amide bonds. The lowest BCUT2D eigenvalue weighted by molar-refractivity contribution is 0.102. The summed E-state index contributed by atoms with van der Waals surface area (Å²) in [5, 5.41) is 7.93. The van der Waals surface area contributed by atoms with E-state index in [1.807, 2.05) is 32.9 Å². The quantitative estimate of drug-likeness (QED) is 0.588.